The minimum atomic E-state index is -1.21. The van der Waals surface area contributed by atoms with Crippen LogP contribution in [0.4, 0.5) is 0 Å². The van der Waals surface area contributed by atoms with Crippen LogP contribution in [0.15, 0.2) is 36.4 Å². The van der Waals surface area contributed by atoms with Gasteiger partial charge >= 0.3 is 0 Å². The van der Waals surface area contributed by atoms with E-state index in [2.05, 4.69) is 70.6 Å². The average Bonchev–Trinajstić information content (AvgIpc) is 2.56. The Kier molecular flexibility index (Phi) is 4.51. The molecule has 0 N–H and O–H groups in total. The zero-order valence-corrected chi connectivity index (χ0v) is 16.4. The molecule has 0 atom stereocenters. The summed E-state index contributed by atoms with van der Waals surface area (Å²) in [5.41, 5.74) is 7.00. The van der Waals surface area contributed by atoms with Gasteiger partial charge in [-0.2, -0.15) is 0 Å². The molecule has 0 nitrogen and oxygen atoms in total. The van der Waals surface area contributed by atoms with Gasteiger partial charge in [-0.05, 0) is 54.5 Å². The topological polar surface area (TPSA) is 0 Å². The zero-order chi connectivity index (χ0) is 16.6. The van der Waals surface area contributed by atoms with Crippen molar-refractivity contribution in [1.29, 1.82) is 0 Å². The van der Waals surface area contributed by atoms with Crippen LogP contribution in [0, 0.1) is 26.7 Å². The van der Waals surface area contributed by atoms with E-state index in [0.29, 0.717) is 0 Å². The van der Waals surface area contributed by atoms with Crippen molar-refractivity contribution in [2.45, 2.75) is 59.2 Å². The van der Waals surface area contributed by atoms with Gasteiger partial charge in [0.1, 0.15) is 0 Å². The molecular weight excluding hydrogens is 292 g/mol. The molecule has 0 aromatic heterocycles. The van der Waals surface area contributed by atoms with Gasteiger partial charge in [-0.3, -0.25) is 0 Å². The molecule has 1 aliphatic rings. The maximum Gasteiger partial charge on any atom is 0.0836 e. The zero-order valence-electron chi connectivity index (χ0n) is 15.4. The molecule has 1 aliphatic heterocycles. The molecule has 0 bridgehead atoms. The van der Waals surface area contributed by atoms with Crippen LogP contribution < -0.4 is 5.19 Å². The molecule has 0 aliphatic carbocycles. The van der Waals surface area contributed by atoms with E-state index in [4.69, 9.17) is 0 Å². The molecule has 0 radical (unpaired) electrons. The molecule has 3 rings (SSSR count). The molecule has 2 aromatic carbocycles. The maximum absolute atomic E-state index is 2.59. The van der Waals surface area contributed by atoms with E-state index in [0.717, 1.165) is 5.92 Å². The summed E-state index contributed by atoms with van der Waals surface area (Å²) in [6, 6.07) is 17.1. The Hall–Kier alpha value is -1.34. The highest BCUT2D eigenvalue weighted by Crippen LogP contribution is 2.33. The minimum Gasteiger partial charge on any atom is -0.0652 e. The van der Waals surface area contributed by atoms with Gasteiger partial charge in [0.2, 0.25) is 0 Å². The van der Waals surface area contributed by atoms with E-state index in [1.54, 1.807) is 5.19 Å². The van der Waals surface area contributed by atoms with Crippen molar-refractivity contribution in [3.8, 4) is 11.1 Å². The molecule has 1 heteroatoms. The number of hydrogen-bond acceptors (Lipinski definition) is 0. The summed E-state index contributed by atoms with van der Waals surface area (Å²) in [5.74, 6) is 0.938. The summed E-state index contributed by atoms with van der Waals surface area (Å²) >= 11 is 0. The normalized spacial score (nSPS) is 24.7. The first kappa shape index (κ1) is 16.5. The van der Waals surface area contributed by atoms with Crippen LogP contribution in [0.2, 0.25) is 18.6 Å². The summed E-state index contributed by atoms with van der Waals surface area (Å²) in [6.07, 6.45) is 2.86. The van der Waals surface area contributed by atoms with E-state index < -0.39 is 8.07 Å². The molecule has 122 valence electrons. The standard InChI is InChI=1S/C22H30Si/c1-16-12-14-23(5,15-13-16)21-9-7-20(8-10-21)22-11-6-17(2)18(3)19(22)4/h6-11,16H,12-15H2,1-5H3. The lowest BCUT2D eigenvalue weighted by Crippen LogP contribution is -2.46. The van der Waals surface area contributed by atoms with Crippen molar-refractivity contribution in [3.05, 3.63) is 53.1 Å². The summed E-state index contributed by atoms with van der Waals surface area (Å²) in [6.45, 7) is 11.7. The lowest BCUT2D eigenvalue weighted by Gasteiger charge is -2.35. The van der Waals surface area contributed by atoms with Crippen LogP contribution in [0.3, 0.4) is 0 Å². The molecule has 1 saturated heterocycles. The molecule has 0 saturated carbocycles. The van der Waals surface area contributed by atoms with E-state index in [1.807, 2.05) is 0 Å². The Morgan fingerprint density at radius 2 is 1.43 bits per heavy atom. The third-order valence-electron chi connectivity index (χ3n) is 6.33. The lowest BCUT2D eigenvalue weighted by molar-refractivity contribution is 0.514. The van der Waals surface area contributed by atoms with Crippen LogP contribution in [-0.2, 0) is 0 Å². The van der Waals surface area contributed by atoms with Gasteiger partial charge in [-0.1, -0.05) is 80.0 Å². The molecule has 1 fully saturated rings. The van der Waals surface area contributed by atoms with Crippen LogP contribution in [-0.4, -0.2) is 8.07 Å². The van der Waals surface area contributed by atoms with Crippen molar-refractivity contribution in [2.75, 3.05) is 0 Å². The van der Waals surface area contributed by atoms with Gasteiger partial charge < -0.3 is 0 Å². The molecule has 0 unspecified atom stereocenters. The van der Waals surface area contributed by atoms with Gasteiger partial charge in [0.15, 0.2) is 0 Å². The molecule has 0 amide bonds. The van der Waals surface area contributed by atoms with E-state index in [9.17, 15) is 0 Å². The summed E-state index contributed by atoms with van der Waals surface area (Å²) < 4.78 is 0. The third-order valence-corrected chi connectivity index (χ3v) is 10.8. The monoisotopic (exact) mass is 322 g/mol. The van der Waals surface area contributed by atoms with Crippen LogP contribution in [0.25, 0.3) is 11.1 Å². The van der Waals surface area contributed by atoms with Crippen molar-refractivity contribution >= 4 is 13.3 Å². The second-order valence-corrected chi connectivity index (χ2v) is 12.7. The van der Waals surface area contributed by atoms with Crippen LogP contribution >= 0.6 is 0 Å². The fraction of sp³-hybridized carbons (Fsp3) is 0.455. The second-order valence-electron chi connectivity index (χ2n) is 8.00. The largest absolute Gasteiger partial charge is 0.0836 e. The van der Waals surface area contributed by atoms with Crippen molar-refractivity contribution in [1.82, 2.24) is 0 Å². The minimum absolute atomic E-state index is 0.938. The smallest absolute Gasteiger partial charge is 0.0652 e. The van der Waals surface area contributed by atoms with Crippen molar-refractivity contribution < 1.29 is 0 Å². The average molecular weight is 323 g/mol. The fourth-order valence-corrected chi connectivity index (χ4v) is 8.07. The van der Waals surface area contributed by atoms with E-state index >= 15 is 0 Å². The van der Waals surface area contributed by atoms with Gasteiger partial charge in [-0.15, -0.1) is 0 Å². The van der Waals surface area contributed by atoms with Gasteiger partial charge in [-0.25, -0.2) is 0 Å². The summed E-state index contributed by atoms with van der Waals surface area (Å²) in [7, 11) is -1.21. The Morgan fingerprint density at radius 3 is 2.04 bits per heavy atom. The number of hydrogen-bond donors (Lipinski definition) is 0. The maximum atomic E-state index is 2.59. The predicted octanol–water partition coefficient (Wildman–Crippen LogP) is 5.99. The molecule has 2 aromatic rings. The highest BCUT2D eigenvalue weighted by molar-refractivity contribution is 6.91. The Balaban J connectivity index is 1.90. The van der Waals surface area contributed by atoms with Crippen molar-refractivity contribution in [3.63, 3.8) is 0 Å². The predicted molar refractivity (Wildman–Crippen MR) is 105 cm³/mol. The number of benzene rings is 2. The second kappa shape index (κ2) is 6.28. The first-order valence-electron chi connectivity index (χ1n) is 9.08. The number of rotatable bonds is 2. The third kappa shape index (κ3) is 3.17. The first-order chi connectivity index (χ1) is 10.9. The fourth-order valence-electron chi connectivity index (χ4n) is 4.01. The summed E-state index contributed by atoms with van der Waals surface area (Å²) in [5, 5.41) is 1.66. The molecule has 1 heterocycles. The quantitative estimate of drug-likeness (QED) is 0.595. The lowest BCUT2D eigenvalue weighted by atomic mass is 9.94. The van der Waals surface area contributed by atoms with Gasteiger partial charge in [0.25, 0.3) is 0 Å². The highest BCUT2D eigenvalue weighted by atomic mass is 28.3. The SMILES string of the molecule is Cc1ccc(-c2ccc([Si]3(C)CCC(C)CC3)cc2)c(C)c1C. The molecular formula is C22H30Si. The number of aryl methyl sites for hydroxylation is 1. The van der Waals surface area contributed by atoms with E-state index in [1.165, 1.54) is 52.7 Å². The first-order valence-corrected chi connectivity index (χ1v) is 12.0. The van der Waals surface area contributed by atoms with Crippen LogP contribution in [0.1, 0.15) is 36.5 Å². The van der Waals surface area contributed by atoms with Gasteiger partial charge in [0.05, 0.1) is 8.07 Å². The molecule has 23 heavy (non-hydrogen) atoms. The Morgan fingerprint density at radius 1 is 0.826 bits per heavy atom. The van der Waals surface area contributed by atoms with Crippen molar-refractivity contribution in [2.24, 2.45) is 5.92 Å². The van der Waals surface area contributed by atoms with E-state index in [-0.39, 0.29) is 0 Å². The highest BCUT2D eigenvalue weighted by Gasteiger charge is 2.33. The molecule has 0 spiro atoms. The van der Waals surface area contributed by atoms with Gasteiger partial charge in [0, 0.05) is 0 Å². The van der Waals surface area contributed by atoms with Crippen LogP contribution in [0.5, 0.6) is 0 Å². The Bertz CT molecular complexity index is 689. The summed E-state index contributed by atoms with van der Waals surface area (Å²) in [4.78, 5) is 0. The Labute approximate surface area is 143 Å².